The van der Waals surface area contributed by atoms with Gasteiger partial charge in [-0.25, -0.2) is 0 Å². The summed E-state index contributed by atoms with van der Waals surface area (Å²) >= 11 is 0. The topological polar surface area (TPSA) is 19.0 Å². The Morgan fingerprint density at radius 2 is 1.73 bits per heavy atom. The first-order valence-electron chi connectivity index (χ1n) is 8.30. The van der Waals surface area contributed by atoms with Crippen LogP contribution in [0.15, 0.2) is 54.6 Å². The number of hydrogen-bond donors (Lipinski definition) is 1. The summed E-state index contributed by atoms with van der Waals surface area (Å²) in [6.45, 7) is 2.42. The number of rotatable bonds is 1. The van der Waals surface area contributed by atoms with Crippen molar-refractivity contribution >= 4 is 10.9 Å². The maximum atomic E-state index is 3.75. The van der Waals surface area contributed by atoms with Gasteiger partial charge in [0.25, 0.3) is 0 Å². The third-order valence-corrected chi connectivity index (χ3v) is 5.52. The van der Waals surface area contributed by atoms with Crippen molar-refractivity contribution in [2.75, 3.05) is 13.1 Å². The van der Waals surface area contributed by atoms with Crippen LogP contribution in [0.5, 0.6) is 0 Å². The Bertz CT molecular complexity index is 818. The summed E-state index contributed by atoms with van der Waals surface area (Å²) in [6, 6.07) is 20.4. The Morgan fingerprint density at radius 1 is 0.909 bits per heavy atom. The second-order valence-electron chi connectivity index (χ2n) is 6.60. The van der Waals surface area contributed by atoms with Crippen molar-refractivity contribution < 1.29 is 0 Å². The molecule has 0 unspecified atom stereocenters. The standard InChI is InChI=1S/C20H20N2/c1-2-6-14(7-3-1)15-10-12-22-13-11-17-16-8-4-5-9-18(16)21-19(17)20(15)22/h1-9,15,20-21H,10-13H2/t15-,20+/m0/s1. The Balaban J connectivity index is 1.66. The van der Waals surface area contributed by atoms with Gasteiger partial charge in [0.2, 0.25) is 0 Å². The second-order valence-corrected chi connectivity index (χ2v) is 6.60. The number of nitrogens with zero attached hydrogens (tertiary/aromatic N) is 1. The second kappa shape index (κ2) is 4.72. The van der Waals surface area contributed by atoms with Gasteiger partial charge in [0.15, 0.2) is 0 Å². The summed E-state index contributed by atoms with van der Waals surface area (Å²) in [5.41, 5.74) is 5.81. The summed E-state index contributed by atoms with van der Waals surface area (Å²) in [7, 11) is 0. The summed E-state index contributed by atoms with van der Waals surface area (Å²) in [5.74, 6) is 0.619. The van der Waals surface area contributed by atoms with Crippen molar-refractivity contribution in [1.82, 2.24) is 9.88 Å². The molecular formula is C20H20N2. The molecule has 5 rings (SSSR count). The summed E-state index contributed by atoms with van der Waals surface area (Å²) in [6.07, 6.45) is 2.45. The van der Waals surface area contributed by atoms with E-state index in [9.17, 15) is 0 Å². The minimum absolute atomic E-state index is 0.526. The zero-order valence-corrected chi connectivity index (χ0v) is 12.6. The first-order valence-corrected chi connectivity index (χ1v) is 8.30. The minimum Gasteiger partial charge on any atom is -0.357 e. The molecule has 1 aromatic heterocycles. The van der Waals surface area contributed by atoms with Gasteiger partial charge in [-0.2, -0.15) is 0 Å². The van der Waals surface area contributed by atoms with Crippen LogP contribution in [-0.2, 0) is 6.42 Å². The molecule has 2 aliphatic rings. The fourth-order valence-electron chi connectivity index (χ4n) is 4.54. The number of fused-ring (bicyclic) bond motifs is 5. The minimum atomic E-state index is 0.526. The number of aromatic nitrogens is 1. The molecule has 0 aliphatic carbocycles. The van der Waals surface area contributed by atoms with E-state index in [1.807, 2.05) is 0 Å². The summed E-state index contributed by atoms with van der Waals surface area (Å²) < 4.78 is 0. The van der Waals surface area contributed by atoms with E-state index in [1.165, 1.54) is 48.1 Å². The van der Waals surface area contributed by atoms with E-state index < -0.39 is 0 Å². The van der Waals surface area contributed by atoms with Crippen molar-refractivity contribution in [2.24, 2.45) is 0 Å². The number of nitrogens with one attached hydrogen (secondary N) is 1. The highest BCUT2D eigenvalue weighted by Gasteiger charge is 2.40. The number of benzene rings is 2. The lowest BCUT2D eigenvalue weighted by atomic mass is 9.86. The van der Waals surface area contributed by atoms with Crippen LogP contribution >= 0.6 is 0 Å². The van der Waals surface area contributed by atoms with Gasteiger partial charge in [-0.05, 0) is 36.6 Å². The highest BCUT2D eigenvalue weighted by atomic mass is 15.2. The average Bonchev–Trinajstić information content (AvgIpc) is 3.16. The van der Waals surface area contributed by atoms with E-state index in [0.717, 1.165) is 0 Å². The van der Waals surface area contributed by atoms with Crippen LogP contribution in [0.25, 0.3) is 10.9 Å². The summed E-state index contributed by atoms with van der Waals surface area (Å²) in [5, 5.41) is 1.43. The van der Waals surface area contributed by atoms with Crippen LogP contribution in [0.1, 0.15) is 35.2 Å². The molecule has 0 saturated carbocycles. The van der Waals surface area contributed by atoms with E-state index in [2.05, 4.69) is 64.5 Å². The average molecular weight is 288 g/mol. The van der Waals surface area contributed by atoms with Crippen molar-refractivity contribution in [1.29, 1.82) is 0 Å². The SMILES string of the molecule is c1ccc([C@@H]2CCN3CCc4c([nH]c5ccccc45)[C@@H]23)cc1. The van der Waals surface area contributed by atoms with Gasteiger partial charge in [-0.3, -0.25) is 4.90 Å². The van der Waals surface area contributed by atoms with Crippen molar-refractivity contribution in [2.45, 2.75) is 24.8 Å². The van der Waals surface area contributed by atoms with Gasteiger partial charge in [0.1, 0.15) is 0 Å². The first kappa shape index (κ1) is 12.5. The molecule has 2 heteroatoms. The smallest absolute Gasteiger partial charge is 0.0571 e. The maximum Gasteiger partial charge on any atom is 0.0571 e. The van der Waals surface area contributed by atoms with E-state index in [4.69, 9.17) is 0 Å². The third-order valence-electron chi connectivity index (χ3n) is 5.52. The van der Waals surface area contributed by atoms with Gasteiger partial charge in [-0.15, -0.1) is 0 Å². The van der Waals surface area contributed by atoms with Crippen LogP contribution < -0.4 is 0 Å². The molecule has 0 amide bonds. The van der Waals surface area contributed by atoms with Crippen molar-refractivity contribution in [3.8, 4) is 0 Å². The Kier molecular flexibility index (Phi) is 2.68. The molecule has 1 N–H and O–H groups in total. The fraction of sp³-hybridized carbons (Fsp3) is 0.300. The molecule has 110 valence electrons. The molecule has 22 heavy (non-hydrogen) atoms. The lowest BCUT2D eigenvalue weighted by Gasteiger charge is -2.33. The molecule has 3 aromatic rings. The van der Waals surface area contributed by atoms with Gasteiger partial charge in [0, 0.05) is 29.1 Å². The van der Waals surface area contributed by atoms with E-state index >= 15 is 0 Å². The molecular weight excluding hydrogens is 268 g/mol. The quantitative estimate of drug-likeness (QED) is 0.709. The summed E-state index contributed by atoms with van der Waals surface area (Å²) in [4.78, 5) is 6.42. The highest BCUT2D eigenvalue weighted by Crippen LogP contribution is 2.47. The normalized spacial score (nSPS) is 24.4. The largest absolute Gasteiger partial charge is 0.357 e. The Labute approximate surface area is 130 Å². The van der Waals surface area contributed by atoms with E-state index in [-0.39, 0.29) is 0 Å². The molecule has 2 nitrogen and oxygen atoms in total. The van der Waals surface area contributed by atoms with Crippen LogP contribution in [0.3, 0.4) is 0 Å². The molecule has 2 aliphatic heterocycles. The van der Waals surface area contributed by atoms with Crippen molar-refractivity contribution in [3.63, 3.8) is 0 Å². The maximum absolute atomic E-state index is 3.75. The molecule has 1 saturated heterocycles. The fourth-order valence-corrected chi connectivity index (χ4v) is 4.54. The Morgan fingerprint density at radius 3 is 2.64 bits per heavy atom. The zero-order chi connectivity index (χ0) is 14.5. The predicted octanol–water partition coefficient (Wildman–Crippen LogP) is 4.25. The highest BCUT2D eigenvalue weighted by molar-refractivity contribution is 5.85. The molecule has 0 radical (unpaired) electrons. The molecule has 0 bridgehead atoms. The number of aromatic amines is 1. The molecule has 3 heterocycles. The Hall–Kier alpha value is -2.06. The molecule has 2 aromatic carbocycles. The van der Waals surface area contributed by atoms with Gasteiger partial charge in [0.05, 0.1) is 6.04 Å². The van der Waals surface area contributed by atoms with Gasteiger partial charge >= 0.3 is 0 Å². The van der Waals surface area contributed by atoms with E-state index in [0.29, 0.717) is 12.0 Å². The monoisotopic (exact) mass is 288 g/mol. The van der Waals surface area contributed by atoms with E-state index in [1.54, 1.807) is 5.56 Å². The van der Waals surface area contributed by atoms with Crippen LogP contribution in [0, 0.1) is 0 Å². The predicted molar refractivity (Wildman–Crippen MR) is 90.1 cm³/mol. The number of H-pyrrole nitrogens is 1. The molecule has 2 atom stereocenters. The van der Waals surface area contributed by atoms with Gasteiger partial charge < -0.3 is 4.98 Å². The van der Waals surface area contributed by atoms with Crippen LogP contribution in [0.2, 0.25) is 0 Å². The van der Waals surface area contributed by atoms with Crippen LogP contribution in [-0.4, -0.2) is 23.0 Å². The molecule has 0 spiro atoms. The molecule has 1 fully saturated rings. The lowest BCUT2D eigenvalue weighted by Crippen LogP contribution is -2.32. The van der Waals surface area contributed by atoms with Crippen molar-refractivity contribution in [3.05, 3.63) is 71.4 Å². The number of para-hydroxylation sites is 1. The zero-order valence-electron chi connectivity index (χ0n) is 12.6. The number of hydrogen-bond acceptors (Lipinski definition) is 1. The third kappa shape index (κ3) is 1.71. The van der Waals surface area contributed by atoms with Gasteiger partial charge in [-0.1, -0.05) is 48.5 Å². The first-order chi connectivity index (χ1) is 10.9. The van der Waals surface area contributed by atoms with Crippen LogP contribution in [0.4, 0.5) is 0 Å². The lowest BCUT2D eigenvalue weighted by molar-refractivity contribution is 0.230.